The number of nitrogens with zero attached hydrogens (tertiary/aromatic N) is 1. The van der Waals surface area contributed by atoms with E-state index in [-0.39, 0.29) is 12.0 Å². The van der Waals surface area contributed by atoms with E-state index < -0.39 is 6.09 Å². The number of hydrogen-bond donors (Lipinski definition) is 1. The lowest BCUT2D eigenvalue weighted by Crippen LogP contribution is -2.34. The lowest BCUT2D eigenvalue weighted by molar-refractivity contribution is 0.0771. The molecule has 0 unspecified atom stereocenters. The number of ether oxygens (including phenoxy) is 1. The molecule has 0 saturated heterocycles. The second kappa shape index (κ2) is 5.55. The van der Waals surface area contributed by atoms with E-state index in [1.807, 2.05) is 6.92 Å². The molecule has 1 aromatic rings. The summed E-state index contributed by atoms with van der Waals surface area (Å²) in [6.07, 6.45) is 0.557. The fraction of sp³-hybridized carbons (Fsp3) is 0.545. The van der Waals surface area contributed by atoms with Gasteiger partial charge in [0.25, 0.3) is 0 Å². The molecule has 90 valence electrons. The van der Waals surface area contributed by atoms with Crippen LogP contribution in [0.4, 0.5) is 4.79 Å². The lowest BCUT2D eigenvalue weighted by atomic mass is 9.99. The van der Waals surface area contributed by atoms with Crippen LogP contribution in [0.15, 0.2) is 22.8 Å². The highest BCUT2D eigenvalue weighted by Crippen LogP contribution is 2.28. The second-order valence-corrected chi connectivity index (χ2v) is 3.79. The van der Waals surface area contributed by atoms with Crippen molar-refractivity contribution in [3.8, 4) is 0 Å². The number of furan rings is 1. The maximum Gasteiger partial charge on any atom is 0.407 e. The van der Waals surface area contributed by atoms with Crippen LogP contribution in [0.1, 0.15) is 18.7 Å². The van der Waals surface area contributed by atoms with Crippen LogP contribution >= 0.6 is 0 Å². The van der Waals surface area contributed by atoms with Gasteiger partial charge < -0.3 is 19.2 Å². The minimum Gasteiger partial charge on any atom is -0.467 e. The van der Waals surface area contributed by atoms with Crippen molar-refractivity contribution in [3.63, 3.8) is 0 Å². The molecule has 2 atom stereocenters. The van der Waals surface area contributed by atoms with Gasteiger partial charge in [-0.15, -0.1) is 0 Å². The van der Waals surface area contributed by atoms with E-state index in [0.29, 0.717) is 12.4 Å². The lowest BCUT2D eigenvalue weighted by Gasteiger charge is -2.28. The molecule has 1 amide bonds. The summed E-state index contributed by atoms with van der Waals surface area (Å²) in [7, 11) is 3.12. The Morgan fingerprint density at radius 3 is 2.81 bits per heavy atom. The molecule has 0 saturated carbocycles. The van der Waals surface area contributed by atoms with Gasteiger partial charge in [-0.25, -0.2) is 4.79 Å². The van der Waals surface area contributed by atoms with Crippen LogP contribution in [0.25, 0.3) is 0 Å². The normalized spacial score (nSPS) is 14.4. The molecule has 1 N–H and O–H groups in total. The van der Waals surface area contributed by atoms with Gasteiger partial charge in [-0.2, -0.15) is 0 Å². The summed E-state index contributed by atoms with van der Waals surface area (Å²) < 4.78 is 10.3. The van der Waals surface area contributed by atoms with E-state index >= 15 is 0 Å². The topological polar surface area (TPSA) is 62.9 Å². The molecule has 0 bridgehead atoms. The number of methoxy groups -OCH3 is 1. The summed E-state index contributed by atoms with van der Waals surface area (Å²) in [5.74, 6) is 0.659. The Labute approximate surface area is 94.6 Å². The molecule has 0 radical (unpaired) electrons. The molecule has 0 fully saturated rings. The predicted molar refractivity (Wildman–Crippen MR) is 58.3 cm³/mol. The third-order valence-electron chi connectivity index (χ3n) is 2.52. The largest absolute Gasteiger partial charge is 0.467 e. The fourth-order valence-corrected chi connectivity index (χ4v) is 1.79. The molecule has 1 rings (SSSR count). The van der Waals surface area contributed by atoms with E-state index in [1.165, 1.54) is 18.2 Å². The van der Waals surface area contributed by atoms with Gasteiger partial charge in [0.2, 0.25) is 0 Å². The third kappa shape index (κ3) is 2.76. The van der Waals surface area contributed by atoms with Crippen LogP contribution in [0, 0.1) is 5.92 Å². The standard InChI is InChI=1S/C11H17NO4/c1-8(7-15-3)10(12(2)11(13)14)9-5-4-6-16-9/h4-6,8,10H,7H2,1-3H3,(H,13,14)/t8-,10+/m1/s1. The molecular weight excluding hydrogens is 210 g/mol. The first kappa shape index (κ1) is 12.6. The van der Waals surface area contributed by atoms with Crippen LogP contribution in [0.3, 0.4) is 0 Å². The number of rotatable bonds is 5. The van der Waals surface area contributed by atoms with Crippen LogP contribution < -0.4 is 0 Å². The number of hydrogen-bond acceptors (Lipinski definition) is 3. The average Bonchev–Trinajstić information content (AvgIpc) is 2.71. The minimum absolute atomic E-state index is 0.0252. The van der Waals surface area contributed by atoms with Crippen LogP contribution in [-0.2, 0) is 4.74 Å². The molecule has 1 aromatic heterocycles. The van der Waals surface area contributed by atoms with Gasteiger partial charge >= 0.3 is 6.09 Å². The Balaban J connectivity index is 2.89. The first-order valence-electron chi connectivity index (χ1n) is 5.06. The Bertz CT molecular complexity index is 323. The quantitative estimate of drug-likeness (QED) is 0.837. The summed E-state index contributed by atoms with van der Waals surface area (Å²) in [5.41, 5.74) is 0. The first-order chi connectivity index (χ1) is 7.57. The molecule has 0 aliphatic carbocycles. The van der Waals surface area contributed by atoms with Crippen LogP contribution in [0.2, 0.25) is 0 Å². The number of carboxylic acid groups (broad SMARTS) is 1. The maximum atomic E-state index is 11.0. The summed E-state index contributed by atoms with van der Waals surface area (Å²) in [4.78, 5) is 12.2. The van der Waals surface area contributed by atoms with E-state index in [2.05, 4.69) is 0 Å². The summed E-state index contributed by atoms with van der Waals surface area (Å²) in [6.45, 7) is 2.40. The van der Waals surface area contributed by atoms with Gasteiger partial charge in [-0.3, -0.25) is 0 Å². The van der Waals surface area contributed by atoms with Crippen molar-refractivity contribution >= 4 is 6.09 Å². The van der Waals surface area contributed by atoms with Crippen molar-refractivity contribution in [2.75, 3.05) is 20.8 Å². The van der Waals surface area contributed by atoms with Crippen molar-refractivity contribution in [3.05, 3.63) is 24.2 Å². The molecule has 0 aromatic carbocycles. The van der Waals surface area contributed by atoms with E-state index in [4.69, 9.17) is 14.3 Å². The fourth-order valence-electron chi connectivity index (χ4n) is 1.79. The number of amides is 1. The average molecular weight is 227 g/mol. The van der Waals surface area contributed by atoms with Gasteiger partial charge in [0, 0.05) is 20.1 Å². The van der Waals surface area contributed by atoms with Crippen molar-refractivity contribution in [2.24, 2.45) is 5.92 Å². The Morgan fingerprint density at radius 1 is 1.69 bits per heavy atom. The van der Waals surface area contributed by atoms with Crippen molar-refractivity contribution in [1.82, 2.24) is 4.90 Å². The van der Waals surface area contributed by atoms with Gasteiger partial charge in [0.15, 0.2) is 0 Å². The number of carbonyl (C=O) groups is 1. The molecule has 0 aliphatic rings. The molecule has 1 heterocycles. The molecule has 5 heteroatoms. The predicted octanol–water partition coefficient (Wildman–Crippen LogP) is 2.21. The van der Waals surface area contributed by atoms with Crippen molar-refractivity contribution in [1.29, 1.82) is 0 Å². The smallest absolute Gasteiger partial charge is 0.407 e. The van der Waals surface area contributed by atoms with Crippen molar-refractivity contribution in [2.45, 2.75) is 13.0 Å². The highest BCUT2D eigenvalue weighted by Gasteiger charge is 2.29. The highest BCUT2D eigenvalue weighted by atomic mass is 16.5. The summed E-state index contributed by atoms with van der Waals surface area (Å²) in [5, 5.41) is 9.01. The van der Waals surface area contributed by atoms with Crippen LogP contribution in [0.5, 0.6) is 0 Å². The van der Waals surface area contributed by atoms with Gasteiger partial charge in [0.05, 0.1) is 18.9 Å². The SMILES string of the molecule is COC[C@@H](C)[C@@H](c1ccco1)N(C)C(=O)O. The Hall–Kier alpha value is -1.49. The molecule has 5 nitrogen and oxygen atoms in total. The van der Waals surface area contributed by atoms with E-state index in [9.17, 15) is 4.79 Å². The molecule has 16 heavy (non-hydrogen) atoms. The Morgan fingerprint density at radius 2 is 2.38 bits per heavy atom. The first-order valence-corrected chi connectivity index (χ1v) is 5.06. The summed E-state index contributed by atoms with van der Waals surface area (Å²) in [6, 6.07) is 3.20. The highest BCUT2D eigenvalue weighted by molar-refractivity contribution is 5.65. The second-order valence-electron chi connectivity index (χ2n) is 3.79. The monoisotopic (exact) mass is 227 g/mol. The van der Waals surface area contributed by atoms with E-state index in [0.717, 1.165) is 0 Å². The zero-order valence-electron chi connectivity index (χ0n) is 9.71. The minimum atomic E-state index is -0.982. The van der Waals surface area contributed by atoms with Crippen molar-refractivity contribution < 1.29 is 19.1 Å². The van der Waals surface area contributed by atoms with Gasteiger partial charge in [0.1, 0.15) is 5.76 Å². The Kier molecular flexibility index (Phi) is 4.37. The van der Waals surface area contributed by atoms with E-state index in [1.54, 1.807) is 19.2 Å². The molecule has 0 aliphatic heterocycles. The molecule has 0 spiro atoms. The summed E-state index contributed by atoms with van der Waals surface area (Å²) >= 11 is 0. The zero-order valence-corrected chi connectivity index (χ0v) is 9.71. The van der Waals surface area contributed by atoms with Gasteiger partial charge in [-0.1, -0.05) is 6.92 Å². The zero-order chi connectivity index (χ0) is 12.1. The van der Waals surface area contributed by atoms with Crippen LogP contribution in [-0.4, -0.2) is 36.9 Å². The maximum absolute atomic E-state index is 11.0. The van der Waals surface area contributed by atoms with Gasteiger partial charge in [-0.05, 0) is 12.1 Å². The molecular formula is C11H17NO4. The third-order valence-corrected chi connectivity index (χ3v) is 2.52.